The van der Waals surface area contributed by atoms with Gasteiger partial charge in [-0.05, 0) is 52.7 Å². The molecule has 0 unspecified atom stereocenters. The molecule has 0 atom stereocenters. The van der Waals surface area contributed by atoms with E-state index in [9.17, 15) is 4.39 Å². The molecule has 3 nitrogen and oxygen atoms in total. The molecule has 5 heteroatoms. The molecule has 0 radical (unpaired) electrons. The molecule has 0 spiro atoms. The van der Waals surface area contributed by atoms with Crippen molar-refractivity contribution in [1.82, 2.24) is 4.98 Å². The maximum atomic E-state index is 13.4. The Balaban J connectivity index is 2.28. The van der Waals surface area contributed by atoms with Crippen molar-refractivity contribution in [2.45, 2.75) is 6.92 Å². The van der Waals surface area contributed by atoms with Crippen LogP contribution in [0.1, 0.15) is 11.1 Å². The number of benzene rings is 1. The standard InChI is InChI=1S/C13H9BrFN3/c1-8-4-10(14)11(15)5-12(8)18-13-3-2-9(6-16)7-17-13/h2-5,7H,1H3,(H,17,18). The summed E-state index contributed by atoms with van der Waals surface area (Å²) in [5.74, 6) is 0.232. The fourth-order valence-corrected chi connectivity index (χ4v) is 1.91. The zero-order valence-corrected chi connectivity index (χ0v) is 11.1. The highest BCUT2D eigenvalue weighted by Crippen LogP contribution is 2.25. The first-order valence-electron chi connectivity index (χ1n) is 5.19. The average Bonchev–Trinajstić information content (AvgIpc) is 2.37. The van der Waals surface area contributed by atoms with Gasteiger partial charge in [0.2, 0.25) is 0 Å². The van der Waals surface area contributed by atoms with Crippen LogP contribution in [0.15, 0.2) is 34.9 Å². The molecule has 0 amide bonds. The van der Waals surface area contributed by atoms with Gasteiger partial charge in [0.15, 0.2) is 0 Å². The molecule has 0 saturated carbocycles. The summed E-state index contributed by atoms with van der Waals surface area (Å²) in [5.41, 5.74) is 2.03. The molecule has 90 valence electrons. The van der Waals surface area contributed by atoms with Crippen molar-refractivity contribution in [1.29, 1.82) is 5.26 Å². The Morgan fingerprint density at radius 2 is 2.17 bits per heavy atom. The first-order chi connectivity index (χ1) is 8.60. The summed E-state index contributed by atoms with van der Waals surface area (Å²) in [7, 11) is 0. The predicted octanol–water partition coefficient (Wildman–Crippen LogP) is 3.91. The van der Waals surface area contributed by atoms with Crippen molar-refractivity contribution in [2.24, 2.45) is 0 Å². The van der Waals surface area contributed by atoms with Gasteiger partial charge in [-0.15, -0.1) is 0 Å². The first-order valence-corrected chi connectivity index (χ1v) is 5.98. The third-order valence-electron chi connectivity index (χ3n) is 2.42. The minimum absolute atomic E-state index is 0.336. The van der Waals surface area contributed by atoms with E-state index < -0.39 is 0 Å². The summed E-state index contributed by atoms with van der Waals surface area (Å²) in [4.78, 5) is 4.07. The molecule has 2 aromatic rings. The van der Waals surface area contributed by atoms with Crippen molar-refractivity contribution in [3.05, 3.63) is 51.9 Å². The third kappa shape index (κ3) is 2.66. The second kappa shape index (κ2) is 5.15. The van der Waals surface area contributed by atoms with Crippen LogP contribution < -0.4 is 5.32 Å². The Morgan fingerprint density at radius 1 is 1.39 bits per heavy atom. The largest absolute Gasteiger partial charge is 0.340 e. The van der Waals surface area contributed by atoms with E-state index in [4.69, 9.17) is 5.26 Å². The molecule has 0 saturated heterocycles. The Hall–Kier alpha value is -1.93. The zero-order chi connectivity index (χ0) is 13.1. The summed E-state index contributed by atoms with van der Waals surface area (Å²) in [6, 6.07) is 8.42. The van der Waals surface area contributed by atoms with E-state index in [2.05, 4.69) is 26.2 Å². The second-order valence-electron chi connectivity index (χ2n) is 3.75. The maximum Gasteiger partial charge on any atom is 0.139 e. The van der Waals surface area contributed by atoms with Gasteiger partial charge in [-0.2, -0.15) is 5.26 Å². The van der Waals surface area contributed by atoms with Crippen LogP contribution in [0.25, 0.3) is 0 Å². The number of pyridine rings is 1. The van der Waals surface area contributed by atoms with Crippen LogP contribution in [-0.4, -0.2) is 4.98 Å². The molecule has 0 aliphatic rings. The van der Waals surface area contributed by atoms with Gasteiger partial charge in [0.05, 0.1) is 10.0 Å². The summed E-state index contributed by atoms with van der Waals surface area (Å²) in [6.45, 7) is 1.87. The van der Waals surface area contributed by atoms with Gasteiger partial charge in [-0.3, -0.25) is 0 Å². The van der Waals surface area contributed by atoms with Crippen LogP contribution in [0.5, 0.6) is 0 Å². The van der Waals surface area contributed by atoms with E-state index in [1.165, 1.54) is 12.3 Å². The topological polar surface area (TPSA) is 48.7 Å². The Bertz CT molecular complexity index is 617. The molecule has 0 bridgehead atoms. The summed E-state index contributed by atoms with van der Waals surface area (Å²) >= 11 is 3.13. The van der Waals surface area contributed by atoms with Crippen LogP contribution in [0.4, 0.5) is 15.9 Å². The molecule has 1 aromatic carbocycles. The minimum Gasteiger partial charge on any atom is -0.340 e. The van der Waals surface area contributed by atoms with E-state index in [-0.39, 0.29) is 5.82 Å². The number of rotatable bonds is 2. The van der Waals surface area contributed by atoms with Gasteiger partial charge in [-0.1, -0.05) is 0 Å². The quantitative estimate of drug-likeness (QED) is 0.915. The average molecular weight is 306 g/mol. The van der Waals surface area contributed by atoms with Crippen molar-refractivity contribution in [3.63, 3.8) is 0 Å². The number of halogens is 2. The summed E-state index contributed by atoms with van der Waals surface area (Å²) < 4.78 is 13.9. The Kier molecular flexibility index (Phi) is 3.58. The number of hydrogen-bond donors (Lipinski definition) is 1. The number of anilines is 2. The molecule has 2 rings (SSSR count). The highest BCUT2D eigenvalue weighted by atomic mass is 79.9. The lowest BCUT2D eigenvalue weighted by Gasteiger charge is -2.09. The molecule has 0 aliphatic carbocycles. The van der Waals surface area contributed by atoms with E-state index in [1.54, 1.807) is 18.2 Å². The van der Waals surface area contributed by atoms with Gasteiger partial charge in [0.25, 0.3) is 0 Å². The van der Waals surface area contributed by atoms with Crippen LogP contribution in [0.2, 0.25) is 0 Å². The van der Waals surface area contributed by atoms with Crippen LogP contribution in [0, 0.1) is 24.1 Å². The molecule has 1 aromatic heterocycles. The number of hydrogen-bond acceptors (Lipinski definition) is 3. The van der Waals surface area contributed by atoms with Crippen molar-refractivity contribution < 1.29 is 4.39 Å². The van der Waals surface area contributed by atoms with E-state index in [0.29, 0.717) is 21.5 Å². The second-order valence-corrected chi connectivity index (χ2v) is 4.60. The fraction of sp³-hybridized carbons (Fsp3) is 0.0769. The lowest BCUT2D eigenvalue weighted by Crippen LogP contribution is -1.97. The van der Waals surface area contributed by atoms with E-state index >= 15 is 0 Å². The fourth-order valence-electron chi connectivity index (χ4n) is 1.45. The molecule has 0 aliphatic heterocycles. The number of aromatic nitrogens is 1. The normalized spacial score (nSPS) is 9.89. The zero-order valence-electron chi connectivity index (χ0n) is 9.54. The van der Waals surface area contributed by atoms with Crippen LogP contribution in [-0.2, 0) is 0 Å². The molecule has 18 heavy (non-hydrogen) atoms. The van der Waals surface area contributed by atoms with E-state index in [1.807, 2.05) is 13.0 Å². The third-order valence-corrected chi connectivity index (χ3v) is 3.03. The van der Waals surface area contributed by atoms with Crippen molar-refractivity contribution in [2.75, 3.05) is 5.32 Å². The molecule has 1 N–H and O–H groups in total. The van der Waals surface area contributed by atoms with Gasteiger partial charge >= 0.3 is 0 Å². The van der Waals surface area contributed by atoms with Gasteiger partial charge in [0, 0.05) is 11.9 Å². The first kappa shape index (κ1) is 12.5. The highest BCUT2D eigenvalue weighted by molar-refractivity contribution is 9.10. The van der Waals surface area contributed by atoms with Gasteiger partial charge < -0.3 is 5.32 Å². The minimum atomic E-state index is -0.336. The molecular weight excluding hydrogens is 297 g/mol. The predicted molar refractivity (Wildman–Crippen MR) is 71.1 cm³/mol. The smallest absolute Gasteiger partial charge is 0.139 e. The lowest BCUT2D eigenvalue weighted by atomic mass is 10.2. The van der Waals surface area contributed by atoms with Gasteiger partial charge in [0.1, 0.15) is 17.7 Å². The Labute approximate surface area is 112 Å². The number of nitrogens with zero attached hydrogens (tertiary/aromatic N) is 2. The summed E-state index contributed by atoms with van der Waals surface area (Å²) in [6.07, 6.45) is 1.47. The van der Waals surface area contributed by atoms with Gasteiger partial charge in [-0.25, -0.2) is 9.37 Å². The van der Waals surface area contributed by atoms with Crippen molar-refractivity contribution in [3.8, 4) is 6.07 Å². The molecule has 0 fully saturated rings. The number of nitriles is 1. The SMILES string of the molecule is Cc1cc(Br)c(F)cc1Nc1ccc(C#N)cn1. The van der Waals surface area contributed by atoms with Crippen molar-refractivity contribution >= 4 is 27.4 Å². The maximum absolute atomic E-state index is 13.4. The lowest BCUT2D eigenvalue weighted by molar-refractivity contribution is 0.621. The Morgan fingerprint density at radius 3 is 2.78 bits per heavy atom. The highest BCUT2D eigenvalue weighted by Gasteiger charge is 2.06. The van der Waals surface area contributed by atoms with Crippen LogP contribution in [0.3, 0.4) is 0 Å². The van der Waals surface area contributed by atoms with Crippen LogP contribution >= 0.6 is 15.9 Å². The number of aryl methyl sites for hydroxylation is 1. The molecule has 1 heterocycles. The van der Waals surface area contributed by atoms with E-state index in [0.717, 1.165) is 5.56 Å². The number of nitrogens with one attached hydrogen (secondary N) is 1. The summed E-state index contributed by atoms with van der Waals surface area (Å²) in [5, 5.41) is 11.7. The monoisotopic (exact) mass is 305 g/mol. The molecular formula is C13H9BrFN3.